The highest BCUT2D eigenvalue weighted by Crippen LogP contribution is 2.39. The molecular formula is C25H40N4O7S3. The molecule has 0 saturated carbocycles. The number of carbonyl (C=O) groups is 5. The Bertz CT molecular complexity index is 1080. The summed E-state index contributed by atoms with van der Waals surface area (Å²) in [5.41, 5.74) is 0.496. The minimum atomic E-state index is -2.74. The lowest BCUT2D eigenvalue weighted by Crippen LogP contribution is -2.37. The van der Waals surface area contributed by atoms with Crippen LogP contribution in [0, 0.1) is 10.8 Å². The lowest BCUT2D eigenvalue weighted by Gasteiger charge is -2.37. The van der Waals surface area contributed by atoms with Crippen molar-refractivity contribution in [3.8, 4) is 0 Å². The third kappa shape index (κ3) is 11.5. The van der Waals surface area contributed by atoms with Crippen LogP contribution in [0.2, 0.25) is 0 Å². The standard InChI is InChI=1S/C25H40N4O7S3/c1-18-10-11-24(2,3)16-39(35,17-25(18,4)5)28-23(34)27-13-15-38-37-14-12-26-19(30)6-9-22(33)36-29-20(31)7-8-21(29)32/h1,6-17H2,2-5H3,(H,26,30)(H,27,34). The van der Waals surface area contributed by atoms with Crippen LogP contribution >= 0.6 is 21.6 Å². The molecule has 2 heterocycles. The average Bonchev–Trinajstić information content (AvgIpc) is 3.13. The summed E-state index contributed by atoms with van der Waals surface area (Å²) in [6.45, 7) is 13.1. The predicted molar refractivity (Wildman–Crippen MR) is 154 cm³/mol. The van der Waals surface area contributed by atoms with Crippen LogP contribution in [0.1, 0.15) is 66.2 Å². The third-order valence-electron chi connectivity index (χ3n) is 6.32. The molecule has 11 nitrogen and oxygen atoms in total. The molecule has 220 valence electrons. The van der Waals surface area contributed by atoms with Gasteiger partial charge < -0.3 is 15.5 Å². The summed E-state index contributed by atoms with van der Waals surface area (Å²) < 4.78 is 17.8. The van der Waals surface area contributed by atoms with Crippen LogP contribution in [0.25, 0.3) is 0 Å². The molecule has 1 atom stereocenters. The molecule has 39 heavy (non-hydrogen) atoms. The van der Waals surface area contributed by atoms with Crippen LogP contribution in [0.15, 0.2) is 16.5 Å². The molecule has 5 amide bonds. The smallest absolute Gasteiger partial charge is 0.349 e. The van der Waals surface area contributed by atoms with E-state index < -0.39 is 33.5 Å². The maximum atomic E-state index is 13.6. The van der Waals surface area contributed by atoms with Gasteiger partial charge in [-0.05, 0) is 23.7 Å². The molecule has 2 aliphatic heterocycles. The summed E-state index contributed by atoms with van der Waals surface area (Å²) in [7, 11) is 0.287. The molecule has 0 bridgehead atoms. The van der Waals surface area contributed by atoms with Crippen molar-refractivity contribution in [1.29, 1.82) is 0 Å². The van der Waals surface area contributed by atoms with Gasteiger partial charge in [0.2, 0.25) is 5.91 Å². The first-order chi connectivity index (χ1) is 18.1. The lowest BCUT2D eigenvalue weighted by molar-refractivity contribution is -0.197. The zero-order valence-electron chi connectivity index (χ0n) is 23.2. The Hall–Kier alpha value is -2.06. The molecule has 0 radical (unpaired) electrons. The minimum Gasteiger partial charge on any atom is -0.355 e. The van der Waals surface area contributed by atoms with E-state index in [4.69, 9.17) is 4.84 Å². The summed E-state index contributed by atoms with van der Waals surface area (Å²) >= 11 is 0. The van der Waals surface area contributed by atoms with E-state index in [2.05, 4.69) is 35.4 Å². The van der Waals surface area contributed by atoms with Crippen molar-refractivity contribution in [3.63, 3.8) is 0 Å². The Balaban J connectivity index is 1.61. The predicted octanol–water partition coefficient (Wildman–Crippen LogP) is 3.45. The van der Waals surface area contributed by atoms with E-state index in [1.807, 2.05) is 13.8 Å². The van der Waals surface area contributed by atoms with E-state index in [1.165, 1.54) is 21.6 Å². The van der Waals surface area contributed by atoms with Gasteiger partial charge in [-0.15, -0.1) is 9.43 Å². The van der Waals surface area contributed by atoms with Crippen molar-refractivity contribution in [2.75, 3.05) is 36.1 Å². The topological polar surface area (TPSA) is 151 Å². The van der Waals surface area contributed by atoms with Gasteiger partial charge in [-0.1, -0.05) is 61.4 Å². The number of hydrogen-bond acceptors (Lipinski definition) is 9. The number of carbonyl (C=O) groups excluding carboxylic acids is 5. The van der Waals surface area contributed by atoms with Gasteiger partial charge in [-0.3, -0.25) is 14.4 Å². The highest BCUT2D eigenvalue weighted by atomic mass is 33.1. The molecule has 0 aliphatic carbocycles. The number of rotatable bonds is 11. The van der Waals surface area contributed by atoms with E-state index in [-0.39, 0.29) is 42.4 Å². The van der Waals surface area contributed by atoms with E-state index >= 15 is 0 Å². The fourth-order valence-corrected chi connectivity index (χ4v) is 9.24. The van der Waals surface area contributed by atoms with Gasteiger partial charge in [0.1, 0.15) is 0 Å². The van der Waals surface area contributed by atoms with Gasteiger partial charge in [0.15, 0.2) is 0 Å². The first-order valence-corrected chi connectivity index (χ1v) is 17.2. The number of urea groups is 1. The van der Waals surface area contributed by atoms with Gasteiger partial charge >= 0.3 is 12.0 Å². The molecule has 1 unspecified atom stereocenters. The molecule has 2 fully saturated rings. The maximum Gasteiger partial charge on any atom is 0.349 e. The minimum absolute atomic E-state index is 0.0134. The SMILES string of the molecule is C=C1CCC(C)(C)CS(=O)(=NC(=O)NCCSSCCNC(=O)CCC(=O)ON2C(=O)CCC2=O)CC1(C)C. The summed E-state index contributed by atoms with van der Waals surface area (Å²) in [6, 6.07) is -0.562. The molecule has 0 aromatic rings. The summed E-state index contributed by atoms with van der Waals surface area (Å²) in [6.07, 6.45) is 1.40. The van der Waals surface area contributed by atoms with E-state index in [0.717, 1.165) is 18.4 Å². The van der Waals surface area contributed by atoms with Crippen LogP contribution in [-0.2, 0) is 33.7 Å². The maximum absolute atomic E-state index is 13.6. The number of amides is 5. The average molecular weight is 605 g/mol. The van der Waals surface area contributed by atoms with E-state index in [9.17, 15) is 28.2 Å². The Morgan fingerprint density at radius 3 is 2.18 bits per heavy atom. The van der Waals surface area contributed by atoms with Gasteiger partial charge in [0.25, 0.3) is 11.8 Å². The normalized spacial score (nSPS) is 22.6. The van der Waals surface area contributed by atoms with Gasteiger partial charge in [0, 0.05) is 55.4 Å². The van der Waals surface area contributed by atoms with Crippen LogP contribution in [0.5, 0.6) is 0 Å². The van der Waals surface area contributed by atoms with Crippen LogP contribution in [-0.4, -0.2) is 75.1 Å². The largest absolute Gasteiger partial charge is 0.355 e. The van der Waals surface area contributed by atoms with E-state index in [0.29, 0.717) is 41.2 Å². The summed E-state index contributed by atoms with van der Waals surface area (Å²) in [5, 5.41) is 5.87. The van der Waals surface area contributed by atoms with Crippen molar-refractivity contribution >= 4 is 61.0 Å². The zero-order chi connectivity index (χ0) is 29.3. The number of nitrogens with one attached hydrogen (secondary N) is 2. The number of hydroxylamine groups is 2. The van der Waals surface area contributed by atoms with Gasteiger partial charge in [-0.2, -0.15) is 0 Å². The number of hydrogen-bond donors (Lipinski definition) is 2. The Labute approximate surface area is 238 Å². The van der Waals surface area contributed by atoms with Crippen LogP contribution in [0.4, 0.5) is 4.79 Å². The van der Waals surface area contributed by atoms with E-state index in [1.54, 1.807) is 0 Å². The van der Waals surface area contributed by atoms with Crippen molar-refractivity contribution in [2.45, 2.75) is 66.2 Å². The zero-order valence-corrected chi connectivity index (χ0v) is 25.6. The second kappa shape index (κ2) is 14.5. The van der Waals surface area contributed by atoms with Crippen molar-refractivity contribution in [2.24, 2.45) is 15.2 Å². The molecule has 0 aromatic heterocycles. The van der Waals surface area contributed by atoms with Crippen molar-refractivity contribution in [3.05, 3.63) is 12.2 Å². The Kier molecular flexibility index (Phi) is 12.4. The lowest BCUT2D eigenvalue weighted by atomic mass is 9.80. The first-order valence-electron chi connectivity index (χ1n) is 12.9. The number of imide groups is 1. The highest BCUT2D eigenvalue weighted by Gasteiger charge is 2.36. The molecular weight excluding hydrogens is 564 g/mol. The van der Waals surface area contributed by atoms with Crippen molar-refractivity contribution in [1.82, 2.24) is 15.7 Å². The fraction of sp³-hybridized carbons (Fsp3) is 0.720. The summed E-state index contributed by atoms with van der Waals surface area (Å²) in [4.78, 5) is 63.7. The van der Waals surface area contributed by atoms with Gasteiger partial charge in [0.05, 0.1) is 16.1 Å². The second-order valence-electron chi connectivity index (χ2n) is 11.1. The molecule has 2 N–H and O–H groups in total. The highest BCUT2D eigenvalue weighted by molar-refractivity contribution is 8.76. The molecule has 2 rings (SSSR count). The molecule has 0 spiro atoms. The number of nitrogens with zero attached hydrogens (tertiary/aromatic N) is 2. The molecule has 2 aliphatic rings. The molecule has 14 heteroatoms. The van der Waals surface area contributed by atoms with Crippen LogP contribution < -0.4 is 10.6 Å². The third-order valence-corrected chi connectivity index (χ3v) is 11.6. The quantitative estimate of drug-likeness (QED) is 0.156. The van der Waals surface area contributed by atoms with Crippen molar-refractivity contribution < 1.29 is 33.0 Å². The summed E-state index contributed by atoms with van der Waals surface area (Å²) in [5.74, 6) is -0.387. The second-order valence-corrected chi connectivity index (χ2v) is 16.1. The number of allylic oxidation sites excluding steroid dienone is 1. The van der Waals surface area contributed by atoms with Gasteiger partial charge in [-0.25, -0.2) is 13.8 Å². The Morgan fingerprint density at radius 2 is 1.56 bits per heavy atom. The first kappa shape index (κ1) is 33.1. The molecule has 2 saturated heterocycles. The molecule has 0 aromatic carbocycles. The fourth-order valence-electron chi connectivity index (χ4n) is 4.13. The monoisotopic (exact) mass is 604 g/mol. The van der Waals surface area contributed by atoms with Crippen LogP contribution in [0.3, 0.4) is 0 Å². The Morgan fingerprint density at radius 1 is 0.974 bits per heavy atom.